The first-order valence-electron chi connectivity index (χ1n) is 9.35. The van der Waals surface area contributed by atoms with Crippen LogP contribution in [-0.4, -0.2) is 76.8 Å². The van der Waals surface area contributed by atoms with Crippen molar-refractivity contribution in [1.82, 2.24) is 0 Å². The molecule has 6 heteroatoms. The van der Waals surface area contributed by atoms with Crippen molar-refractivity contribution in [3.63, 3.8) is 0 Å². The third kappa shape index (κ3) is 19.9. The van der Waals surface area contributed by atoms with Gasteiger partial charge in [-0.1, -0.05) is 0 Å². The summed E-state index contributed by atoms with van der Waals surface area (Å²) in [5, 5.41) is 0. The Morgan fingerprint density at radius 2 is 1.04 bits per heavy atom. The third-order valence-electron chi connectivity index (χ3n) is 2.94. The maximum absolute atomic E-state index is 5.84. The first-order valence-corrected chi connectivity index (χ1v) is 9.35. The molecule has 0 aromatic heterocycles. The molecule has 0 atom stereocenters. The summed E-state index contributed by atoms with van der Waals surface area (Å²) in [6.07, 6.45) is 0.311. The molecular formula is C19H40O6. The van der Waals surface area contributed by atoms with Gasteiger partial charge in [-0.3, -0.25) is 0 Å². The maximum atomic E-state index is 5.84. The van der Waals surface area contributed by atoms with Gasteiger partial charge < -0.3 is 28.4 Å². The molecule has 0 saturated heterocycles. The van der Waals surface area contributed by atoms with E-state index >= 15 is 0 Å². The van der Waals surface area contributed by atoms with Crippen molar-refractivity contribution in [3.05, 3.63) is 0 Å². The third-order valence-corrected chi connectivity index (χ3v) is 2.94. The van der Waals surface area contributed by atoms with Crippen LogP contribution in [0.15, 0.2) is 0 Å². The number of hydrogen-bond donors (Lipinski definition) is 0. The standard InChI is InChI=1S/C19H40O6/c1-16(2)22-10-8-20-14-18(15-21-9-11-23-17(3)4)24-12-13-25-19(5,6)7/h16-18H,8-15H2,1-7H3. The minimum Gasteiger partial charge on any atom is -0.376 e. The average molecular weight is 365 g/mol. The number of rotatable bonds is 16. The normalized spacial score (nSPS) is 12.7. The predicted octanol–water partition coefficient (Wildman–Crippen LogP) is 3.07. The van der Waals surface area contributed by atoms with Gasteiger partial charge in [0.25, 0.3) is 0 Å². The SMILES string of the molecule is CC(C)OCCOCC(COCCOC(C)C)OCCOC(C)(C)C. The summed E-state index contributed by atoms with van der Waals surface area (Å²) in [6, 6.07) is 0. The van der Waals surface area contributed by atoms with Gasteiger partial charge in [0.15, 0.2) is 0 Å². The van der Waals surface area contributed by atoms with E-state index in [9.17, 15) is 0 Å². The lowest BCUT2D eigenvalue weighted by Crippen LogP contribution is -2.30. The van der Waals surface area contributed by atoms with E-state index in [1.54, 1.807) is 0 Å². The van der Waals surface area contributed by atoms with Crippen LogP contribution in [0.5, 0.6) is 0 Å². The number of hydrogen-bond acceptors (Lipinski definition) is 6. The molecule has 0 spiro atoms. The summed E-state index contributed by atoms with van der Waals surface area (Å²) >= 11 is 0. The van der Waals surface area contributed by atoms with Gasteiger partial charge in [0.2, 0.25) is 0 Å². The van der Waals surface area contributed by atoms with E-state index in [0.29, 0.717) is 52.9 Å². The number of ether oxygens (including phenoxy) is 6. The molecule has 0 aromatic rings. The van der Waals surface area contributed by atoms with Crippen LogP contribution in [0, 0.1) is 0 Å². The Kier molecular flexibility index (Phi) is 14.7. The molecule has 0 aromatic carbocycles. The highest BCUT2D eigenvalue weighted by Gasteiger charge is 2.13. The van der Waals surface area contributed by atoms with Crippen molar-refractivity contribution in [1.29, 1.82) is 0 Å². The van der Waals surface area contributed by atoms with Gasteiger partial charge in [-0.05, 0) is 48.5 Å². The van der Waals surface area contributed by atoms with Gasteiger partial charge in [0.1, 0.15) is 6.10 Å². The summed E-state index contributed by atoms with van der Waals surface area (Å²) in [5.74, 6) is 0. The van der Waals surface area contributed by atoms with E-state index in [2.05, 4.69) is 0 Å². The lowest BCUT2D eigenvalue weighted by Gasteiger charge is -2.22. The molecule has 0 fully saturated rings. The molecule has 0 unspecified atom stereocenters. The first-order chi connectivity index (χ1) is 11.7. The van der Waals surface area contributed by atoms with Gasteiger partial charge in [0.05, 0.1) is 70.7 Å². The Morgan fingerprint density at radius 1 is 0.600 bits per heavy atom. The van der Waals surface area contributed by atoms with Gasteiger partial charge in [-0.2, -0.15) is 0 Å². The molecule has 25 heavy (non-hydrogen) atoms. The van der Waals surface area contributed by atoms with E-state index in [4.69, 9.17) is 28.4 Å². The van der Waals surface area contributed by atoms with Crippen LogP contribution in [0.25, 0.3) is 0 Å². The second-order valence-corrected chi connectivity index (χ2v) is 7.44. The largest absolute Gasteiger partial charge is 0.376 e. The summed E-state index contributed by atoms with van der Waals surface area (Å²) in [7, 11) is 0. The molecule has 0 saturated carbocycles. The first kappa shape index (κ1) is 24.8. The van der Waals surface area contributed by atoms with Crippen molar-refractivity contribution in [2.45, 2.75) is 72.4 Å². The van der Waals surface area contributed by atoms with E-state index in [1.165, 1.54) is 0 Å². The summed E-state index contributed by atoms with van der Waals surface area (Å²) < 4.78 is 33.7. The van der Waals surface area contributed by atoms with Crippen molar-refractivity contribution in [2.75, 3.05) is 52.9 Å². The zero-order chi connectivity index (χ0) is 19.1. The Bertz CT molecular complexity index is 270. The zero-order valence-electron chi connectivity index (χ0n) is 17.3. The highest BCUT2D eigenvalue weighted by molar-refractivity contribution is 4.60. The molecular weight excluding hydrogens is 324 g/mol. The molecule has 0 aliphatic carbocycles. The van der Waals surface area contributed by atoms with Crippen LogP contribution in [0.4, 0.5) is 0 Å². The van der Waals surface area contributed by atoms with Gasteiger partial charge in [-0.15, -0.1) is 0 Å². The van der Waals surface area contributed by atoms with Crippen LogP contribution < -0.4 is 0 Å². The lowest BCUT2D eigenvalue weighted by atomic mass is 10.2. The van der Waals surface area contributed by atoms with E-state index in [1.807, 2.05) is 48.5 Å². The molecule has 152 valence electrons. The molecule has 0 aliphatic rings. The maximum Gasteiger partial charge on any atom is 0.104 e. The summed E-state index contributed by atoms with van der Waals surface area (Å²) in [4.78, 5) is 0. The fraction of sp³-hybridized carbons (Fsp3) is 1.00. The zero-order valence-corrected chi connectivity index (χ0v) is 17.3. The fourth-order valence-corrected chi connectivity index (χ4v) is 1.82. The second kappa shape index (κ2) is 14.9. The van der Waals surface area contributed by atoms with Crippen LogP contribution in [0.1, 0.15) is 48.5 Å². The van der Waals surface area contributed by atoms with E-state index in [-0.39, 0.29) is 23.9 Å². The Morgan fingerprint density at radius 3 is 1.44 bits per heavy atom. The van der Waals surface area contributed by atoms with Gasteiger partial charge >= 0.3 is 0 Å². The molecule has 0 N–H and O–H groups in total. The quantitative estimate of drug-likeness (QED) is 0.392. The highest BCUT2D eigenvalue weighted by atomic mass is 16.6. The van der Waals surface area contributed by atoms with Crippen molar-refractivity contribution in [3.8, 4) is 0 Å². The monoisotopic (exact) mass is 364 g/mol. The fourth-order valence-electron chi connectivity index (χ4n) is 1.82. The van der Waals surface area contributed by atoms with E-state index < -0.39 is 0 Å². The summed E-state index contributed by atoms with van der Waals surface area (Å²) in [6.45, 7) is 18.4. The Balaban J connectivity index is 3.95. The van der Waals surface area contributed by atoms with Gasteiger partial charge in [0, 0.05) is 0 Å². The molecule has 6 nitrogen and oxygen atoms in total. The minimum absolute atomic E-state index is 0.123. The second-order valence-electron chi connectivity index (χ2n) is 7.44. The minimum atomic E-state index is -0.159. The van der Waals surface area contributed by atoms with Crippen molar-refractivity contribution < 1.29 is 28.4 Å². The van der Waals surface area contributed by atoms with Crippen molar-refractivity contribution in [2.24, 2.45) is 0 Å². The van der Waals surface area contributed by atoms with Crippen LogP contribution in [0.3, 0.4) is 0 Å². The Labute approximate surface area is 154 Å². The predicted molar refractivity (Wildman–Crippen MR) is 99.3 cm³/mol. The average Bonchev–Trinajstić information content (AvgIpc) is 2.48. The van der Waals surface area contributed by atoms with Crippen LogP contribution in [0.2, 0.25) is 0 Å². The molecule has 0 amide bonds. The smallest absolute Gasteiger partial charge is 0.104 e. The molecule has 0 rings (SSSR count). The molecule has 0 aliphatic heterocycles. The molecule has 0 bridgehead atoms. The summed E-state index contributed by atoms with van der Waals surface area (Å²) in [5.41, 5.74) is -0.159. The van der Waals surface area contributed by atoms with Crippen molar-refractivity contribution >= 4 is 0 Å². The highest BCUT2D eigenvalue weighted by Crippen LogP contribution is 2.06. The molecule has 0 radical (unpaired) electrons. The van der Waals surface area contributed by atoms with Crippen LogP contribution in [-0.2, 0) is 28.4 Å². The van der Waals surface area contributed by atoms with Crippen LogP contribution >= 0.6 is 0 Å². The van der Waals surface area contributed by atoms with E-state index in [0.717, 1.165) is 0 Å². The Hall–Kier alpha value is -0.240. The topological polar surface area (TPSA) is 55.4 Å². The lowest BCUT2D eigenvalue weighted by molar-refractivity contribution is -0.0992. The van der Waals surface area contributed by atoms with Gasteiger partial charge in [-0.25, -0.2) is 0 Å². The molecule has 0 heterocycles.